The van der Waals surface area contributed by atoms with Gasteiger partial charge in [0, 0.05) is 16.6 Å². The van der Waals surface area contributed by atoms with Crippen LogP contribution >= 0.6 is 27.7 Å². The van der Waals surface area contributed by atoms with E-state index in [4.69, 9.17) is 0 Å². The highest BCUT2D eigenvalue weighted by Gasteiger charge is 2.12. The fourth-order valence-electron chi connectivity index (χ4n) is 2.04. The van der Waals surface area contributed by atoms with Crippen LogP contribution in [0, 0.1) is 10.1 Å². The number of imidazole rings is 1. The molecule has 1 aromatic heterocycles. The van der Waals surface area contributed by atoms with Crippen LogP contribution in [0.4, 0.5) is 11.4 Å². The molecular weight excluding hydrogens is 396 g/mol. The van der Waals surface area contributed by atoms with Gasteiger partial charge in [0.05, 0.1) is 27.4 Å². The topological polar surface area (TPSA) is 101 Å². The minimum absolute atomic E-state index is 0.0449. The molecule has 0 saturated heterocycles. The van der Waals surface area contributed by atoms with Gasteiger partial charge in [0.1, 0.15) is 0 Å². The van der Waals surface area contributed by atoms with Crippen LogP contribution in [-0.2, 0) is 4.79 Å². The number of carbonyl (C=O) groups excluding carboxylic acids is 1. The predicted molar refractivity (Wildman–Crippen MR) is 96.2 cm³/mol. The van der Waals surface area contributed by atoms with Gasteiger partial charge in [0.2, 0.25) is 5.91 Å². The molecule has 0 fully saturated rings. The van der Waals surface area contributed by atoms with Crippen LogP contribution in [0.3, 0.4) is 0 Å². The van der Waals surface area contributed by atoms with E-state index in [1.165, 1.54) is 30.0 Å². The molecule has 7 nitrogen and oxygen atoms in total. The van der Waals surface area contributed by atoms with Crippen LogP contribution in [0.15, 0.2) is 52.1 Å². The Kier molecular flexibility index (Phi) is 4.81. The van der Waals surface area contributed by atoms with E-state index >= 15 is 0 Å². The number of anilines is 1. The zero-order valence-corrected chi connectivity index (χ0v) is 14.6. The monoisotopic (exact) mass is 406 g/mol. The Labute approximate surface area is 149 Å². The summed E-state index contributed by atoms with van der Waals surface area (Å²) < 4.78 is 0.457. The van der Waals surface area contributed by atoms with Gasteiger partial charge in [-0.3, -0.25) is 14.9 Å². The number of nitro benzene ring substituents is 1. The number of aromatic amines is 1. The standard InChI is InChI=1S/C15H11BrN4O3S/c16-10-7-9(20(22)23)5-6-11(10)17-14(21)8-24-15-18-12-3-1-2-4-13(12)19-15/h1-7H,8H2,(H,17,21)(H,18,19). The number of fused-ring (bicyclic) bond motifs is 1. The lowest BCUT2D eigenvalue weighted by molar-refractivity contribution is -0.384. The van der Waals surface area contributed by atoms with Crippen molar-refractivity contribution in [3.63, 3.8) is 0 Å². The summed E-state index contributed by atoms with van der Waals surface area (Å²) in [4.78, 5) is 29.8. The number of nitro groups is 1. The quantitative estimate of drug-likeness (QED) is 0.379. The van der Waals surface area contributed by atoms with E-state index < -0.39 is 4.92 Å². The molecule has 0 radical (unpaired) electrons. The van der Waals surface area contributed by atoms with Crippen LogP contribution in [0.2, 0.25) is 0 Å². The van der Waals surface area contributed by atoms with Crippen molar-refractivity contribution >= 4 is 56.0 Å². The first-order valence-electron chi connectivity index (χ1n) is 6.84. The van der Waals surface area contributed by atoms with Crippen LogP contribution in [0.1, 0.15) is 0 Å². The van der Waals surface area contributed by atoms with E-state index in [0.29, 0.717) is 15.3 Å². The molecule has 0 unspecified atom stereocenters. The maximum Gasteiger partial charge on any atom is 0.270 e. The average Bonchev–Trinajstić information content (AvgIpc) is 2.97. The Morgan fingerprint density at radius 3 is 2.83 bits per heavy atom. The summed E-state index contributed by atoms with van der Waals surface area (Å²) in [5, 5.41) is 14.1. The Hall–Kier alpha value is -2.39. The molecular formula is C15H11BrN4O3S. The maximum atomic E-state index is 12.0. The van der Waals surface area contributed by atoms with Gasteiger partial charge in [-0.1, -0.05) is 23.9 Å². The molecule has 0 aliphatic carbocycles. The molecule has 0 aliphatic rings. The van der Waals surface area contributed by atoms with E-state index in [1.54, 1.807) is 0 Å². The molecule has 2 aromatic carbocycles. The summed E-state index contributed by atoms with van der Waals surface area (Å²) in [6, 6.07) is 11.8. The second kappa shape index (κ2) is 7.02. The van der Waals surface area contributed by atoms with E-state index in [1.807, 2.05) is 24.3 Å². The van der Waals surface area contributed by atoms with Crippen LogP contribution in [-0.4, -0.2) is 26.6 Å². The number of hydrogen-bond donors (Lipinski definition) is 2. The van der Waals surface area contributed by atoms with Crippen LogP contribution in [0.25, 0.3) is 11.0 Å². The Morgan fingerprint density at radius 2 is 2.12 bits per heavy atom. The first kappa shape index (κ1) is 16.5. The molecule has 0 saturated carbocycles. The Morgan fingerprint density at radius 1 is 1.33 bits per heavy atom. The average molecular weight is 407 g/mol. The normalized spacial score (nSPS) is 10.7. The lowest BCUT2D eigenvalue weighted by Gasteiger charge is -2.06. The molecule has 3 rings (SSSR count). The largest absolute Gasteiger partial charge is 0.333 e. The van der Waals surface area contributed by atoms with Crippen molar-refractivity contribution < 1.29 is 9.72 Å². The molecule has 0 atom stereocenters. The summed E-state index contributed by atoms with van der Waals surface area (Å²) >= 11 is 4.50. The predicted octanol–water partition coefficient (Wildman–Crippen LogP) is 3.96. The van der Waals surface area contributed by atoms with Crippen molar-refractivity contribution in [2.45, 2.75) is 5.16 Å². The number of benzene rings is 2. The third-order valence-electron chi connectivity index (χ3n) is 3.15. The number of rotatable bonds is 5. The third-order valence-corrected chi connectivity index (χ3v) is 4.67. The summed E-state index contributed by atoms with van der Waals surface area (Å²) in [7, 11) is 0. The van der Waals surface area contributed by atoms with Gasteiger partial charge >= 0.3 is 0 Å². The fourth-order valence-corrected chi connectivity index (χ4v) is 3.19. The number of carbonyl (C=O) groups is 1. The Bertz CT molecular complexity index is 895. The molecule has 1 heterocycles. The lowest BCUT2D eigenvalue weighted by atomic mass is 10.3. The summed E-state index contributed by atoms with van der Waals surface area (Å²) in [6.07, 6.45) is 0. The van der Waals surface area contributed by atoms with Crippen LogP contribution < -0.4 is 5.32 Å². The lowest BCUT2D eigenvalue weighted by Crippen LogP contribution is -2.14. The maximum absolute atomic E-state index is 12.0. The number of hydrogen-bond acceptors (Lipinski definition) is 5. The summed E-state index contributed by atoms with van der Waals surface area (Å²) in [6.45, 7) is 0. The molecule has 3 aromatic rings. The minimum atomic E-state index is -0.492. The van der Waals surface area contributed by atoms with Gasteiger partial charge in [0.25, 0.3) is 5.69 Å². The van der Waals surface area contributed by atoms with E-state index in [2.05, 4.69) is 31.2 Å². The second-order valence-electron chi connectivity index (χ2n) is 4.82. The minimum Gasteiger partial charge on any atom is -0.333 e. The second-order valence-corrected chi connectivity index (χ2v) is 6.64. The number of thioether (sulfide) groups is 1. The number of para-hydroxylation sites is 2. The third kappa shape index (κ3) is 3.74. The zero-order valence-electron chi connectivity index (χ0n) is 12.2. The number of H-pyrrole nitrogens is 1. The van der Waals surface area contributed by atoms with Crippen molar-refractivity contribution in [3.8, 4) is 0 Å². The van der Waals surface area contributed by atoms with Gasteiger partial charge in [-0.2, -0.15) is 0 Å². The Balaban J connectivity index is 1.62. The number of aromatic nitrogens is 2. The molecule has 122 valence electrons. The highest BCUT2D eigenvalue weighted by molar-refractivity contribution is 9.10. The van der Waals surface area contributed by atoms with E-state index in [9.17, 15) is 14.9 Å². The highest BCUT2D eigenvalue weighted by atomic mass is 79.9. The molecule has 24 heavy (non-hydrogen) atoms. The van der Waals surface area contributed by atoms with Gasteiger partial charge in [-0.25, -0.2) is 4.98 Å². The van der Waals surface area contributed by atoms with Gasteiger partial charge < -0.3 is 10.3 Å². The molecule has 2 N–H and O–H groups in total. The first-order chi connectivity index (χ1) is 11.5. The van der Waals surface area contributed by atoms with Gasteiger partial charge in [-0.05, 0) is 34.1 Å². The number of nitrogens with zero attached hydrogens (tertiary/aromatic N) is 2. The van der Waals surface area contributed by atoms with Gasteiger partial charge in [-0.15, -0.1) is 0 Å². The smallest absolute Gasteiger partial charge is 0.270 e. The number of halogens is 1. The fraction of sp³-hybridized carbons (Fsp3) is 0.0667. The van der Waals surface area contributed by atoms with E-state index in [-0.39, 0.29) is 17.3 Å². The van der Waals surface area contributed by atoms with Crippen LogP contribution in [0.5, 0.6) is 0 Å². The van der Waals surface area contributed by atoms with Crippen molar-refractivity contribution in [2.75, 3.05) is 11.1 Å². The number of nitrogens with one attached hydrogen (secondary N) is 2. The van der Waals surface area contributed by atoms with Gasteiger partial charge in [0.15, 0.2) is 5.16 Å². The SMILES string of the molecule is O=C(CSc1nc2ccccc2[nH]1)Nc1ccc([N+](=O)[O-])cc1Br. The summed E-state index contributed by atoms with van der Waals surface area (Å²) in [5.41, 5.74) is 2.20. The molecule has 9 heteroatoms. The molecule has 1 amide bonds. The van der Waals surface area contributed by atoms with Crippen molar-refractivity contribution in [1.29, 1.82) is 0 Å². The number of amides is 1. The summed E-state index contributed by atoms with van der Waals surface area (Å²) in [5.74, 6) is -0.0570. The van der Waals surface area contributed by atoms with Crippen molar-refractivity contribution in [2.24, 2.45) is 0 Å². The first-order valence-corrected chi connectivity index (χ1v) is 8.62. The molecule has 0 spiro atoms. The van der Waals surface area contributed by atoms with E-state index in [0.717, 1.165) is 11.0 Å². The zero-order chi connectivity index (χ0) is 17.1. The highest BCUT2D eigenvalue weighted by Crippen LogP contribution is 2.27. The van der Waals surface area contributed by atoms with Crippen molar-refractivity contribution in [3.05, 3.63) is 57.1 Å². The van der Waals surface area contributed by atoms with Crippen molar-refractivity contribution in [1.82, 2.24) is 9.97 Å². The molecule has 0 bridgehead atoms. The molecule has 0 aliphatic heterocycles. The number of non-ortho nitro benzene ring substituents is 1.